The van der Waals surface area contributed by atoms with E-state index < -0.39 is 6.10 Å². The molecule has 1 unspecified atom stereocenters. The molecule has 0 amide bonds. The number of aliphatic hydroxyl groups excluding tert-OH is 1. The zero-order valence-electron chi connectivity index (χ0n) is 11.8. The van der Waals surface area contributed by atoms with E-state index in [-0.39, 0.29) is 0 Å². The van der Waals surface area contributed by atoms with Crippen LogP contribution in [-0.4, -0.2) is 55.3 Å². The van der Waals surface area contributed by atoms with Crippen molar-refractivity contribution in [1.82, 2.24) is 4.48 Å². The van der Waals surface area contributed by atoms with E-state index in [2.05, 4.69) is 26.2 Å². The minimum atomic E-state index is -0.408. The average molecular weight is 268 g/mol. The van der Waals surface area contributed by atoms with E-state index >= 15 is 0 Å². The number of benzene rings is 1. The number of rotatable bonds is 8. The average Bonchev–Trinajstić information content (AvgIpc) is 2.35. The molecule has 0 aliphatic carbocycles. The standard InChI is InChI=1S/C14H26NO2Si/c1-15(2,13-7-4-3-5-8-13)11-14(16)12-17-9-6-10-18/h3-5,7-8,14,16H,6,9-12H2,1-2,18H3/q+1. The Morgan fingerprint density at radius 3 is 2.56 bits per heavy atom. The highest BCUT2D eigenvalue weighted by atomic mass is 28.1. The summed E-state index contributed by atoms with van der Waals surface area (Å²) in [5.74, 6) is 0. The molecule has 1 rings (SSSR count). The van der Waals surface area contributed by atoms with Crippen LogP contribution in [-0.2, 0) is 4.74 Å². The van der Waals surface area contributed by atoms with Gasteiger partial charge in [-0.25, -0.2) is 0 Å². The van der Waals surface area contributed by atoms with Crippen molar-refractivity contribution in [2.75, 3.05) is 33.9 Å². The van der Waals surface area contributed by atoms with Gasteiger partial charge in [0.25, 0.3) is 0 Å². The van der Waals surface area contributed by atoms with E-state index in [4.69, 9.17) is 4.74 Å². The Morgan fingerprint density at radius 2 is 1.94 bits per heavy atom. The summed E-state index contributed by atoms with van der Waals surface area (Å²) >= 11 is 0. The van der Waals surface area contributed by atoms with Gasteiger partial charge in [-0.2, -0.15) is 0 Å². The number of aliphatic hydroxyl groups is 1. The van der Waals surface area contributed by atoms with Crippen LogP contribution in [0.15, 0.2) is 30.3 Å². The molecule has 0 aliphatic heterocycles. The summed E-state index contributed by atoms with van der Waals surface area (Å²) < 4.78 is 6.15. The molecule has 0 radical (unpaired) electrons. The highest BCUT2D eigenvalue weighted by Gasteiger charge is 2.23. The monoisotopic (exact) mass is 268 g/mol. The van der Waals surface area contributed by atoms with E-state index in [9.17, 15) is 5.11 Å². The van der Waals surface area contributed by atoms with Gasteiger partial charge in [-0.3, -0.25) is 4.48 Å². The first-order chi connectivity index (χ1) is 8.56. The fraction of sp³-hybridized carbons (Fsp3) is 0.571. The molecule has 0 saturated heterocycles. The topological polar surface area (TPSA) is 29.5 Å². The molecule has 0 fully saturated rings. The fourth-order valence-corrected chi connectivity index (χ4v) is 2.27. The third kappa shape index (κ3) is 5.31. The van der Waals surface area contributed by atoms with Gasteiger partial charge in [0.1, 0.15) is 18.3 Å². The number of quaternary nitrogens is 1. The van der Waals surface area contributed by atoms with E-state index in [1.807, 2.05) is 18.2 Å². The van der Waals surface area contributed by atoms with Crippen LogP contribution < -0.4 is 4.48 Å². The van der Waals surface area contributed by atoms with Crippen LogP contribution >= 0.6 is 0 Å². The molecule has 0 heterocycles. The third-order valence-corrected chi connectivity index (χ3v) is 3.78. The van der Waals surface area contributed by atoms with Crippen LogP contribution in [0.3, 0.4) is 0 Å². The largest absolute Gasteiger partial charge is 0.385 e. The van der Waals surface area contributed by atoms with Crippen LogP contribution in [0.2, 0.25) is 6.04 Å². The highest BCUT2D eigenvalue weighted by Crippen LogP contribution is 2.18. The van der Waals surface area contributed by atoms with E-state index in [0.29, 0.717) is 17.6 Å². The molecule has 1 atom stereocenters. The second-order valence-electron chi connectivity index (χ2n) is 5.29. The van der Waals surface area contributed by atoms with Crippen molar-refractivity contribution in [3.63, 3.8) is 0 Å². The number of ether oxygens (including phenoxy) is 1. The van der Waals surface area contributed by atoms with Gasteiger partial charge in [-0.1, -0.05) is 24.2 Å². The lowest BCUT2D eigenvalue weighted by Gasteiger charge is -2.31. The number of hydrogen-bond acceptors (Lipinski definition) is 2. The molecule has 0 saturated carbocycles. The quantitative estimate of drug-likeness (QED) is 0.429. The van der Waals surface area contributed by atoms with Gasteiger partial charge in [0, 0.05) is 16.8 Å². The molecule has 0 bridgehead atoms. The summed E-state index contributed by atoms with van der Waals surface area (Å²) in [5.41, 5.74) is 1.20. The molecular weight excluding hydrogens is 242 g/mol. The Bertz CT molecular complexity index is 330. The van der Waals surface area contributed by atoms with Crippen molar-refractivity contribution < 1.29 is 9.84 Å². The lowest BCUT2D eigenvalue weighted by Crippen LogP contribution is -2.47. The SMILES string of the molecule is C[N+](C)(CC(O)COCCC[SiH3])c1ccccc1. The molecule has 1 N–H and O–H groups in total. The van der Waals surface area contributed by atoms with Gasteiger partial charge in [-0.05, 0) is 18.6 Å². The van der Waals surface area contributed by atoms with Crippen LogP contribution in [0.25, 0.3) is 0 Å². The van der Waals surface area contributed by atoms with Crippen LogP contribution in [0, 0.1) is 0 Å². The summed E-state index contributed by atoms with van der Waals surface area (Å²) in [5, 5.41) is 10.0. The molecule has 1 aromatic carbocycles. The Morgan fingerprint density at radius 1 is 1.28 bits per heavy atom. The maximum Gasteiger partial charge on any atom is 0.132 e. The highest BCUT2D eigenvalue weighted by molar-refractivity contribution is 6.08. The summed E-state index contributed by atoms with van der Waals surface area (Å²) in [6, 6.07) is 11.5. The molecule has 18 heavy (non-hydrogen) atoms. The molecule has 4 heteroatoms. The number of hydrogen-bond donors (Lipinski definition) is 1. The fourth-order valence-electron chi connectivity index (χ4n) is 1.98. The van der Waals surface area contributed by atoms with Gasteiger partial charge >= 0.3 is 0 Å². The molecule has 102 valence electrons. The van der Waals surface area contributed by atoms with Crippen molar-refractivity contribution in [1.29, 1.82) is 0 Å². The Labute approximate surface area is 113 Å². The van der Waals surface area contributed by atoms with Crippen LogP contribution in [0.1, 0.15) is 6.42 Å². The third-order valence-electron chi connectivity index (χ3n) is 3.07. The van der Waals surface area contributed by atoms with Crippen molar-refractivity contribution in [3.8, 4) is 0 Å². The first-order valence-corrected chi connectivity index (χ1v) is 8.12. The molecule has 1 aromatic rings. The van der Waals surface area contributed by atoms with E-state index in [0.717, 1.165) is 13.0 Å². The number of likely N-dealkylation sites (N-methyl/N-ethyl adjacent to an activating group) is 1. The van der Waals surface area contributed by atoms with E-state index in [1.54, 1.807) is 0 Å². The minimum Gasteiger partial charge on any atom is -0.385 e. The maximum absolute atomic E-state index is 10.0. The first kappa shape index (κ1) is 15.4. The number of para-hydroxylation sites is 1. The summed E-state index contributed by atoms with van der Waals surface area (Å²) in [6.45, 7) is 1.89. The molecule has 0 aliphatic rings. The predicted octanol–water partition coefficient (Wildman–Crippen LogP) is 0.805. The van der Waals surface area contributed by atoms with Crippen molar-refractivity contribution in [2.45, 2.75) is 18.6 Å². The summed E-state index contributed by atoms with van der Waals surface area (Å²) in [6.07, 6.45) is 0.713. The van der Waals surface area contributed by atoms with Gasteiger partial charge in [0.05, 0.1) is 20.7 Å². The van der Waals surface area contributed by atoms with Gasteiger partial charge in [0.2, 0.25) is 0 Å². The van der Waals surface area contributed by atoms with Crippen LogP contribution in [0.4, 0.5) is 5.69 Å². The van der Waals surface area contributed by atoms with Crippen LogP contribution in [0.5, 0.6) is 0 Å². The second-order valence-corrected chi connectivity index (χ2v) is 6.29. The van der Waals surface area contributed by atoms with Gasteiger partial charge < -0.3 is 9.84 Å². The molecule has 3 nitrogen and oxygen atoms in total. The minimum absolute atomic E-state index is 0.408. The van der Waals surface area contributed by atoms with Gasteiger partial charge in [-0.15, -0.1) is 0 Å². The maximum atomic E-state index is 10.0. The number of nitrogens with zero attached hydrogens (tertiary/aromatic N) is 1. The lowest BCUT2D eigenvalue weighted by atomic mass is 10.2. The summed E-state index contributed by atoms with van der Waals surface area (Å²) in [7, 11) is 5.45. The Balaban J connectivity index is 2.40. The van der Waals surface area contributed by atoms with Gasteiger partial charge in [0.15, 0.2) is 0 Å². The van der Waals surface area contributed by atoms with E-state index in [1.165, 1.54) is 22.0 Å². The molecule has 0 aromatic heterocycles. The lowest BCUT2D eigenvalue weighted by molar-refractivity contribution is 0.0252. The second kappa shape index (κ2) is 7.69. The smallest absolute Gasteiger partial charge is 0.132 e. The first-order valence-electron chi connectivity index (χ1n) is 6.70. The summed E-state index contributed by atoms with van der Waals surface area (Å²) in [4.78, 5) is 0. The van der Waals surface area contributed by atoms with Crippen molar-refractivity contribution in [2.24, 2.45) is 0 Å². The normalized spacial score (nSPS) is 13.7. The Kier molecular flexibility index (Phi) is 6.57. The Hall–Kier alpha value is -0.683. The zero-order chi connectivity index (χ0) is 13.4. The van der Waals surface area contributed by atoms with Crippen molar-refractivity contribution >= 4 is 15.9 Å². The molecular formula is C14H26NO2Si+. The predicted molar refractivity (Wildman–Crippen MR) is 81.1 cm³/mol. The van der Waals surface area contributed by atoms with Crippen molar-refractivity contribution in [3.05, 3.63) is 30.3 Å². The molecule has 0 spiro atoms. The zero-order valence-corrected chi connectivity index (χ0v) is 13.8.